The Labute approximate surface area is 194 Å². The number of H-pyrrole nitrogens is 1. The molecule has 0 bridgehead atoms. The van der Waals surface area contributed by atoms with Gasteiger partial charge in [-0.1, -0.05) is 13.8 Å². The van der Waals surface area contributed by atoms with Crippen LogP contribution in [-0.4, -0.2) is 61.8 Å². The number of aromatic nitrogens is 5. The minimum atomic E-state index is 0.354. The molecule has 172 valence electrons. The van der Waals surface area contributed by atoms with Crippen molar-refractivity contribution in [3.05, 3.63) is 47.0 Å². The minimum Gasteiger partial charge on any atom is -0.378 e. The molecule has 33 heavy (non-hydrogen) atoms. The molecule has 2 saturated heterocycles. The van der Waals surface area contributed by atoms with E-state index in [2.05, 4.69) is 66.0 Å². The number of nitrogens with zero attached hydrogens (tertiary/aromatic N) is 5. The third kappa shape index (κ3) is 3.45. The summed E-state index contributed by atoms with van der Waals surface area (Å²) in [6.07, 6.45) is 5.96. The van der Waals surface area contributed by atoms with Gasteiger partial charge in [0.2, 0.25) is 0 Å². The first-order chi connectivity index (χ1) is 16.0. The van der Waals surface area contributed by atoms with Gasteiger partial charge in [-0.05, 0) is 61.8 Å². The molecule has 2 aliphatic rings. The summed E-state index contributed by atoms with van der Waals surface area (Å²) in [4.78, 5) is 15.8. The zero-order chi connectivity index (χ0) is 22.7. The highest BCUT2D eigenvalue weighted by atomic mass is 16.5. The molecule has 2 aliphatic heterocycles. The minimum absolute atomic E-state index is 0.354. The lowest BCUT2D eigenvalue weighted by atomic mass is 9.91. The number of aryl methyl sites for hydroxylation is 2. The van der Waals surface area contributed by atoms with Crippen LogP contribution in [0.3, 0.4) is 0 Å². The average Bonchev–Trinajstić information content (AvgIpc) is 3.34. The lowest BCUT2D eigenvalue weighted by Crippen LogP contribution is -2.59. The van der Waals surface area contributed by atoms with Crippen LogP contribution < -0.4 is 0 Å². The van der Waals surface area contributed by atoms with Crippen LogP contribution in [0, 0.1) is 19.8 Å². The number of rotatable bonds is 6. The van der Waals surface area contributed by atoms with Gasteiger partial charge < -0.3 is 9.72 Å². The monoisotopic (exact) mass is 444 g/mol. The molecule has 0 radical (unpaired) electrons. The van der Waals surface area contributed by atoms with Crippen molar-refractivity contribution in [1.29, 1.82) is 0 Å². The molecule has 1 N–H and O–H groups in total. The van der Waals surface area contributed by atoms with Gasteiger partial charge >= 0.3 is 0 Å². The summed E-state index contributed by atoms with van der Waals surface area (Å²) in [6.45, 7) is 13.1. The highest BCUT2D eigenvalue weighted by Crippen LogP contribution is 2.37. The number of hydrogen-bond donors (Lipinski definition) is 1. The second kappa shape index (κ2) is 7.92. The molecular formula is C26H32N6O. The SMILES string of the molecule is Cc1c(-c2[nH]c3ccc(CCC4CN(C5COC5)C4)nc3c2C(C)C)cn2ncnc2c1C. The maximum absolute atomic E-state index is 5.33. The molecule has 6 heterocycles. The largest absolute Gasteiger partial charge is 0.378 e. The molecule has 0 aromatic carbocycles. The number of hydrogen-bond acceptors (Lipinski definition) is 5. The maximum atomic E-state index is 5.33. The van der Waals surface area contributed by atoms with Crippen LogP contribution in [0.4, 0.5) is 0 Å². The van der Waals surface area contributed by atoms with E-state index in [1.807, 2.05) is 4.52 Å². The van der Waals surface area contributed by atoms with Gasteiger partial charge in [-0.25, -0.2) is 9.50 Å². The van der Waals surface area contributed by atoms with E-state index in [0.29, 0.717) is 12.0 Å². The van der Waals surface area contributed by atoms with E-state index in [9.17, 15) is 0 Å². The molecule has 7 heteroatoms. The lowest BCUT2D eigenvalue weighted by Gasteiger charge is -2.47. The van der Waals surface area contributed by atoms with E-state index in [1.54, 1.807) is 6.33 Å². The Hall–Kier alpha value is -2.77. The molecule has 0 aliphatic carbocycles. The number of nitrogens with one attached hydrogen (secondary N) is 1. The quantitative estimate of drug-likeness (QED) is 0.481. The van der Waals surface area contributed by atoms with Gasteiger partial charge in [-0.2, -0.15) is 5.10 Å². The van der Waals surface area contributed by atoms with Crippen molar-refractivity contribution < 1.29 is 4.74 Å². The van der Waals surface area contributed by atoms with Crippen LogP contribution in [0.5, 0.6) is 0 Å². The van der Waals surface area contributed by atoms with E-state index in [-0.39, 0.29) is 0 Å². The molecule has 0 spiro atoms. The number of pyridine rings is 2. The Kier molecular flexibility index (Phi) is 4.99. The van der Waals surface area contributed by atoms with Gasteiger partial charge in [0, 0.05) is 36.1 Å². The van der Waals surface area contributed by atoms with Gasteiger partial charge in [-0.15, -0.1) is 0 Å². The summed E-state index contributed by atoms with van der Waals surface area (Å²) in [5, 5.41) is 4.39. The van der Waals surface area contributed by atoms with Gasteiger partial charge in [0.15, 0.2) is 5.65 Å². The highest BCUT2D eigenvalue weighted by Gasteiger charge is 2.35. The second-order valence-corrected chi connectivity index (χ2v) is 10.1. The van der Waals surface area contributed by atoms with Crippen LogP contribution in [-0.2, 0) is 11.2 Å². The van der Waals surface area contributed by atoms with Gasteiger partial charge in [0.25, 0.3) is 0 Å². The summed E-state index contributed by atoms with van der Waals surface area (Å²) >= 11 is 0. The fourth-order valence-electron chi connectivity index (χ4n) is 5.37. The molecular weight excluding hydrogens is 412 g/mol. The van der Waals surface area contributed by atoms with Crippen LogP contribution in [0.2, 0.25) is 0 Å². The molecule has 0 saturated carbocycles. The van der Waals surface area contributed by atoms with Crippen LogP contribution in [0.1, 0.15) is 48.6 Å². The third-order valence-electron chi connectivity index (χ3n) is 7.64. The van der Waals surface area contributed by atoms with Crippen molar-refractivity contribution in [2.75, 3.05) is 26.3 Å². The molecule has 0 amide bonds. The smallest absolute Gasteiger partial charge is 0.158 e. The molecule has 2 fully saturated rings. The number of fused-ring (bicyclic) bond motifs is 2. The van der Waals surface area contributed by atoms with Gasteiger partial charge in [0.05, 0.1) is 36.0 Å². The van der Waals surface area contributed by atoms with Crippen molar-refractivity contribution in [3.63, 3.8) is 0 Å². The Morgan fingerprint density at radius 1 is 1.15 bits per heavy atom. The first-order valence-corrected chi connectivity index (χ1v) is 12.1. The summed E-state index contributed by atoms with van der Waals surface area (Å²) < 4.78 is 7.21. The predicted molar refractivity (Wildman–Crippen MR) is 130 cm³/mol. The fraction of sp³-hybridized carbons (Fsp3) is 0.500. The zero-order valence-electron chi connectivity index (χ0n) is 19.9. The summed E-state index contributed by atoms with van der Waals surface area (Å²) in [5.41, 5.74) is 10.3. The highest BCUT2D eigenvalue weighted by molar-refractivity contribution is 5.89. The standard InChI is InChI=1S/C26H32N6O/c1-15(2)23-24(21-11-32-26(27-14-28-32)17(4)16(21)3)30-22-8-7-19(29-25(22)23)6-5-18-9-31(10-18)20-12-33-13-20/h7-8,11,14-15,18,20,30H,5-6,9-10,12-13H2,1-4H3. The van der Waals surface area contributed by atoms with Gasteiger partial charge in [0.1, 0.15) is 6.33 Å². The molecule has 0 atom stereocenters. The van der Waals surface area contributed by atoms with Gasteiger partial charge in [-0.3, -0.25) is 9.88 Å². The fourth-order valence-corrected chi connectivity index (χ4v) is 5.37. The maximum Gasteiger partial charge on any atom is 0.158 e. The van der Waals surface area contributed by atoms with Crippen molar-refractivity contribution in [2.45, 2.75) is 52.5 Å². The van der Waals surface area contributed by atoms with E-state index in [1.165, 1.54) is 41.9 Å². The Morgan fingerprint density at radius 3 is 2.70 bits per heavy atom. The van der Waals surface area contributed by atoms with E-state index >= 15 is 0 Å². The number of ether oxygens (including phenoxy) is 1. The second-order valence-electron chi connectivity index (χ2n) is 10.1. The molecule has 6 rings (SSSR count). The summed E-state index contributed by atoms with van der Waals surface area (Å²) in [7, 11) is 0. The molecule has 4 aromatic rings. The predicted octanol–water partition coefficient (Wildman–Crippen LogP) is 4.28. The van der Waals surface area contributed by atoms with Crippen molar-refractivity contribution in [2.24, 2.45) is 5.92 Å². The number of aromatic amines is 1. The van der Waals surface area contributed by atoms with Crippen molar-refractivity contribution >= 4 is 16.7 Å². The lowest BCUT2D eigenvalue weighted by molar-refractivity contribution is -0.102. The van der Waals surface area contributed by atoms with Crippen molar-refractivity contribution in [1.82, 2.24) is 29.5 Å². The topological polar surface area (TPSA) is 71.3 Å². The zero-order valence-corrected chi connectivity index (χ0v) is 19.9. The van der Waals surface area contributed by atoms with Crippen LogP contribution >= 0.6 is 0 Å². The Bertz CT molecular complexity index is 1330. The number of likely N-dealkylation sites (tertiary alicyclic amines) is 1. The van der Waals surface area contributed by atoms with Crippen LogP contribution in [0.15, 0.2) is 24.7 Å². The Balaban J connectivity index is 1.30. The summed E-state index contributed by atoms with van der Waals surface area (Å²) in [6, 6.07) is 5.08. The summed E-state index contributed by atoms with van der Waals surface area (Å²) in [5.74, 6) is 1.14. The first-order valence-electron chi connectivity index (χ1n) is 12.1. The molecule has 0 unspecified atom stereocenters. The molecule has 4 aromatic heterocycles. The van der Waals surface area contributed by atoms with Crippen molar-refractivity contribution in [3.8, 4) is 11.3 Å². The van der Waals surface area contributed by atoms with E-state index < -0.39 is 0 Å². The van der Waals surface area contributed by atoms with E-state index in [0.717, 1.165) is 53.5 Å². The van der Waals surface area contributed by atoms with E-state index in [4.69, 9.17) is 9.72 Å². The first kappa shape index (κ1) is 20.8. The average molecular weight is 445 g/mol. The third-order valence-corrected chi connectivity index (χ3v) is 7.64. The van der Waals surface area contributed by atoms with Crippen LogP contribution in [0.25, 0.3) is 27.9 Å². The Morgan fingerprint density at radius 2 is 1.97 bits per heavy atom. The molecule has 7 nitrogen and oxygen atoms in total. The normalized spacial score (nSPS) is 17.8.